The number of ether oxygens (including phenoxy) is 1. The fourth-order valence-electron chi connectivity index (χ4n) is 2.98. The van der Waals surface area contributed by atoms with Crippen molar-refractivity contribution in [2.45, 2.75) is 33.0 Å². The van der Waals surface area contributed by atoms with Gasteiger partial charge in [-0.2, -0.15) is 0 Å². The summed E-state index contributed by atoms with van der Waals surface area (Å²) >= 11 is 0. The Morgan fingerprint density at radius 3 is 2.75 bits per heavy atom. The molecule has 0 radical (unpaired) electrons. The number of hydrogen-bond donors (Lipinski definition) is 1. The first-order valence-electron chi connectivity index (χ1n) is 7.41. The lowest BCUT2D eigenvalue weighted by Gasteiger charge is -2.39. The Hall–Kier alpha value is -1.10. The molecule has 0 amide bonds. The molecular formula is C16H26N2O2. The van der Waals surface area contributed by atoms with Crippen LogP contribution in [0.25, 0.3) is 0 Å². The van der Waals surface area contributed by atoms with Crippen LogP contribution in [-0.4, -0.2) is 54.2 Å². The van der Waals surface area contributed by atoms with Crippen molar-refractivity contribution >= 4 is 0 Å². The summed E-state index contributed by atoms with van der Waals surface area (Å²) in [6.45, 7) is 9.90. The van der Waals surface area contributed by atoms with Gasteiger partial charge in [0, 0.05) is 37.8 Å². The third-order valence-corrected chi connectivity index (χ3v) is 4.18. The van der Waals surface area contributed by atoms with Crippen molar-refractivity contribution in [3.05, 3.63) is 29.3 Å². The first-order valence-corrected chi connectivity index (χ1v) is 7.41. The van der Waals surface area contributed by atoms with E-state index in [1.165, 1.54) is 0 Å². The molecule has 0 saturated carbocycles. The Labute approximate surface area is 122 Å². The molecule has 1 N–H and O–H groups in total. The summed E-state index contributed by atoms with van der Waals surface area (Å²) in [7, 11) is 1.70. The number of piperazine rings is 1. The summed E-state index contributed by atoms with van der Waals surface area (Å²) in [4.78, 5) is 4.98. The number of hydrogen-bond acceptors (Lipinski definition) is 4. The second-order valence-corrected chi connectivity index (χ2v) is 5.52. The highest BCUT2D eigenvalue weighted by atomic mass is 16.5. The van der Waals surface area contributed by atoms with Gasteiger partial charge in [-0.05, 0) is 31.2 Å². The van der Waals surface area contributed by atoms with E-state index < -0.39 is 0 Å². The Morgan fingerprint density at radius 1 is 1.35 bits per heavy atom. The normalized spacial score (nSPS) is 21.1. The van der Waals surface area contributed by atoms with E-state index >= 15 is 0 Å². The van der Waals surface area contributed by atoms with Gasteiger partial charge >= 0.3 is 0 Å². The van der Waals surface area contributed by atoms with Gasteiger partial charge in [-0.3, -0.25) is 9.80 Å². The SMILES string of the molecule is CCN1CCN(Cc2cc(CO)ccc2OC)CC1C. The monoisotopic (exact) mass is 278 g/mol. The standard InChI is InChI=1S/C16H26N2O2/c1-4-18-8-7-17(10-13(18)2)11-15-9-14(12-19)5-6-16(15)20-3/h5-6,9,13,19H,4,7-8,10-12H2,1-3H3. The number of benzene rings is 1. The molecule has 4 heteroatoms. The average molecular weight is 278 g/mol. The highest BCUT2D eigenvalue weighted by molar-refractivity contribution is 5.37. The van der Waals surface area contributed by atoms with Crippen molar-refractivity contribution in [2.75, 3.05) is 33.3 Å². The third kappa shape index (κ3) is 3.51. The van der Waals surface area contributed by atoms with Crippen LogP contribution in [0, 0.1) is 0 Å². The van der Waals surface area contributed by atoms with Crippen LogP contribution in [0.3, 0.4) is 0 Å². The van der Waals surface area contributed by atoms with E-state index in [1.54, 1.807) is 7.11 Å². The maximum Gasteiger partial charge on any atom is 0.123 e. The summed E-state index contributed by atoms with van der Waals surface area (Å²) in [5.41, 5.74) is 2.11. The van der Waals surface area contributed by atoms with Crippen molar-refractivity contribution in [3.63, 3.8) is 0 Å². The minimum absolute atomic E-state index is 0.0804. The molecule has 1 aromatic rings. The maximum atomic E-state index is 9.28. The zero-order chi connectivity index (χ0) is 14.5. The lowest BCUT2D eigenvalue weighted by molar-refractivity contribution is 0.0829. The Kier molecular flexibility index (Phi) is 5.40. The molecular weight excluding hydrogens is 252 g/mol. The van der Waals surface area contributed by atoms with E-state index in [9.17, 15) is 5.11 Å². The molecule has 0 aromatic heterocycles. The topological polar surface area (TPSA) is 35.9 Å². The number of aliphatic hydroxyl groups excluding tert-OH is 1. The van der Waals surface area contributed by atoms with Crippen molar-refractivity contribution < 1.29 is 9.84 Å². The summed E-state index contributed by atoms with van der Waals surface area (Å²) in [5.74, 6) is 0.910. The summed E-state index contributed by atoms with van der Waals surface area (Å²) < 4.78 is 5.44. The predicted octanol–water partition coefficient (Wildman–Crippen LogP) is 1.71. The van der Waals surface area contributed by atoms with Crippen molar-refractivity contribution in [3.8, 4) is 5.75 Å². The zero-order valence-corrected chi connectivity index (χ0v) is 12.8. The largest absolute Gasteiger partial charge is 0.496 e. The van der Waals surface area contributed by atoms with Gasteiger partial charge < -0.3 is 9.84 Å². The van der Waals surface area contributed by atoms with Crippen LogP contribution in [0.5, 0.6) is 5.75 Å². The number of likely N-dealkylation sites (N-methyl/N-ethyl adjacent to an activating group) is 1. The van der Waals surface area contributed by atoms with Crippen LogP contribution in [-0.2, 0) is 13.2 Å². The molecule has 2 rings (SSSR count). The van der Waals surface area contributed by atoms with Gasteiger partial charge in [-0.25, -0.2) is 0 Å². The van der Waals surface area contributed by atoms with Crippen LogP contribution in [0.4, 0.5) is 0 Å². The van der Waals surface area contributed by atoms with Gasteiger partial charge in [0.2, 0.25) is 0 Å². The zero-order valence-electron chi connectivity index (χ0n) is 12.8. The van der Waals surface area contributed by atoms with Crippen molar-refractivity contribution in [1.29, 1.82) is 0 Å². The van der Waals surface area contributed by atoms with Gasteiger partial charge in [-0.15, -0.1) is 0 Å². The smallest absolute Gasteiger partial charge is 0.123 e. The van der Waals surface area contributed by atoms with Crippen LogP contribution in [0.1, 0.15) is 25.0 Å². The second-order valence-electron chi connectivity index (χ2n) is 5.52. The minimum atomic E-state index is 0.0804. The highest BCUT2D eigenvalue weighted by Crippen LogP contribution is 2.23. The molecule has 1 aliphatic heterocycles. The fraction of sp³-hybridized carbons (Fsp3) is 0.625. The molecule has 1 heterocycles. The molecule has 0 bridgehead atoms. The number of rotatable bonds is 5. The lowest BCUT2D eigenvalue weighted by atomic mass is 10.1. The predicted molar refractivity (Wildman–Crippen MR) is 80.9 cm³/mol. The fourth-order valence-corrected chi connectivity index (χ4v) is 2.98. The lowest BCUT2D eigenvalue weighted by Crippen LogP contribution is -2.51. The molecule has 20 heavy (non-hydrogen) atoms. The molecule has 1 aromatic carbocycles. The number of methoxy groups -OCH3 is 1. The number of nitrogens with zero attached hydrogens (tertiary/aromatic N) is 2. The van der Waals surface area contributed by atoms with Crippen molar-refractivity contribution in [1.82, 2.24) is 9.80 Å². The molecule has 112 valence electrons. The molecule has 1 saturated heterocycles. The van der Waals surface area contributed by atoms with Crippen LogP contribution in [0.15, 0.2) is 18.2 Å². The van der Waals surface area contributed by atoms with Gasteiger partial charge in [0.1, 0.15) is 5.75 Å². The van der Waals surface area contributed by atoms with Crippen molar-refractivity contribution in [2.24, 2.45) is 0 Å². The van der Waals surface area contributed by atoms with E-state index in [-0.39, 0.29) is 6.61 Å². The summed E-state index contributed by atoms with van der Waals surface area (Å²) in [5, 5.41) is 9.28. The molecule has 1 unspecified atom stereocenters. The van der Waals surface area contributed by atoms with Gasteiger partial charge in [-0.1, -0.05) is 13.0 Å². The van der Waals surface area contributed by atoms with Gasteiger partial charge in [0.05, 0.1) is 13.7 Å². The molecule has 4 nitrogen and oxygen atoms in total. The molecule has 1 fully saturated rings. The Bertz CT molecular complexity index is 436. The summed E-state index contributed by atoms with van der Waals surface area (Å²) in [6.07, 6.45) is 0. The van der Waals surface area contributed by atoms with E-state index in [0.29, 0.717) is 6.04 Å². The molecule has 1 aliphatic rings. The quantitative estimate of drug-likeness (QED) is 0.889. The number of aliphatic hydroxyl groups is 1. The Balaban J connectivity index is 2.06. The van der Waals surface area contributed by atoms with Crippen LogP contribution >= 0.6 is 0 Å². The van der Waals surface area contributed by atoms with E-state index in [4.69, 9.17) is 4.74 Å². The van der Waals surface area contributed by atoms with Gasteiger partial charge in [0.25, 0.3) is 0 Å². The van der Waals surface area contributed by atoms with E-state index in [1.807, 2.05) is 12.1 Å². The Morgan fingerprint density at radius 2 is 2.15 bits per heavy atom. The van der Waals surface area contributed by atoms with E-state index in [2.05, 4.69) is 29.7 Å². The minimum Gasteiger partial charge on any atom is -0.496 e. The van der Waals surface area contributed by atoms with E-state index in [0.717, 1.165) is 49.6 Å². The summed E-state index contributed by atoms with van der Waals surface area (Å²) in [6, 6.07) is 6.52. The van der Waals surface area contributed by atoms with Crippen LogP contribution < -0.4 is 4.74 Å². The average Bonchev–Trinajstić information content (AvgIpc) is 2.47. The molecule has 1 atom stereocenters. The molecule has 0 aliphatic carbocycles. The van der Waals surface area contributed by atoms with Gasteiger partial charge in [0.15, 0.2) is 0 Å². The molecule has 0 spiro atoms. The first kappa shape index (κ1) is 15.3. The third-order valence-electron chi connectivity index (χ3n) is 4.18. The maximum absolute atomic E-state index is 9.28. The second kappa shape index (κ2) is 7.07. The highest BCUT2D eigenvalue weighted by Gasteiger charge is 2.22. The van der Waals surface area contributed by atoms with Crippen LogP contribution in [0.2, 0.25) is 0 Å². The first-order chi connectivity index (χ1) is 9.67.